The van der Waals surface area contributed by atoms with E-state index in [2.05, 4.69) is 36.1 Å². The van der Waals surface area contributed by atoms with Crippen molar-refractivity contribution >= 4 is 11.0 Å². The van der Waals surface area contributed by atoms with E-state index < -0.39 is 5.63 Å². The first-order chi connectivity index (χ1) is 16.0. The molecule has 0 spiro atoms. The van der Waals surface area contributed by atoms with E-state index in [1.165, 1.54) is 23.8 Å². The zero-order valence-corrected chi connectivity index (χ0v) is 18.9. The van der Waals surface area contributed by atoms with E-state index in [0.29, 0.717) is 5.58 Å². The molecule has 33 heavy (non-hydrogen) atoms. The van der Waals surface area contributed by atoms with Crippen LogP contribution < -0.4 is 5.63 Å². The van der Waals surface area contributed by atoms with Crippen molar-refractivity contribution in [1.82, 2.24) is 4.90 Å². The molecule has 1 aromatic heterocycles. The molecule has 0 N–H and O–H groups in total. The lowest BCUT2D eigenvalue weighted by molar-refractivity contribution is 0.0342. The van der Waals surface area contributed by atoms with Crippen LogP contribution in [-0.4, -0.2) is 31.2 Å². The molecule has 1 fully saturated rings. The van der Waals surface area contributed by atoms with E-state index in [4.69, 9.17) is 9.15 Å². The van der Waals surface area contributed by atoms with Gasteiger partial charge in [-0.1, -0.05) is 36.4 Å². The molecule has 3 aromatic carbocycles. The van der Waals surface area contributed by atoms with Gasteiger partial charge in [-0.05, 0) is 65.4 Å². The van der Waals surface area contributed by atoms with Crippen LogP contribution >= 0.6 is 0 Å². The Balaban J connectivity index is 1.58. The van der Waals surface area contributed by atoms with Crippen LogP contribution in [0.4, 0.5) is 4.39 Å². The number of fused-ring (bicyclic) bond motifs is 1. The summed E-state index contributed by atoms with van der Waals surface area (Å²) in [5.74, 6) is -0.309. The van der Waals surface area contributed by atoms with E-state index in [-0.39, 0.29) is 5.82 Å². The van der Waals surface area contributed by atoms with Crippen LogP contribution in [0.3, 0.4) is 0 Å². The Morgan fingerprint density at radius 1 is 0.909 bits per heavy atom. The smallest absolute Gasteiger partial charge is 0.336 e. The van der Waals surface area contributed by atoms with E-state index in [9.17, 15) is 9.18 Å². The van der Waals surface area contributed by atoms with E-state index in [1.807, 2.05) is 13.0 Å². The Morgan fingerprint density at radius 3 is 2.27 bits per heavy atom. The van der Waals surface area contributed by atoms with Gasteiger partial charge in [0.15, 0.2) is 0 Å². The van der Waals surface area contributed by atoms with Gasteiger partial charge in [-0.25, -0.2) is 9.18 Å². The van der Waals surface area contributed by atoms with Gasteiger partial charge < -0.3 is 9.15 Å². The third-order valence-electron chi connectivity index (χ3n) is 6.39. The highest BCUT2D eigenvalue weighted by Crippen LogP contribution is 2.37. The number of benzene rings is 3. The van der Waals surface area contributed by atoms with Gasteiger partial charge in [0.25, 0.3) is 0 Å². The van der Waals surface area contributed by atoms with Crippen molar-refractivity contribution in [3.8, 4) is 22.3 Å². The molecular weight excluding hydrogens is 417 g/mol. The van der Waals surface area contributed by atoms with Crippen molar-refractivity contribution in [2.45, 2.75) is 20.4 Å². The summed E-state index contributed by atoms with van der Waals surface area (Å²) < 4.78 is 24.5. The van der Waals surface area contributed by atoms with Crippen molar-refractivity contribution in [1.29, 1.82) is 0 Å². The number of nitrogens with zero attached hydrogens (tertiary/aromatic N) is 1. The minimum atomic E-state index is -0.416. The largest absolute Gasteiger partial charge is 0.423 e. The number of halogens is 1. The van der Waals surface area contributed by atoms with E-state index in [1.54, 1.807) is 12.1 Å². The number of hydrogen-bond acceptors (Lipinski definition) is 4. The lowest BCUT2D eigenvalue weighted by Gasteiger charge is -2.26. The van der Waals surface area contributed by atoms with Crippen LogP contribution in [0.2, 0.25) is 0 Å². The molecular formula is C28H26FNO3. The summed E-state index contributed by atoms with van der Waals surface area (Å²) in [4.78, 5) is 14.7. The fourth-order valence-corrected chi connectivity index (χ4v) is 4.79. The summed E-state index contributed by atoms with van der Waals surface area (Å²) in [6, 6.07) is 18.3. The Bertz CT molecular complexity index is 1350. The summed E-state index contributed by atoms with van der Waals surface area (Å²) in [7, 11) is 0. The van der Waals surface area contributed by atoms with Crippen LogP contribution in [0.5, 0.6) is 0 Å². The Labute approximate surface area is 192 Å². The quantitative estimate of drug-likeness (QED) is 0.379. The normalized spacial score (nSPS) is 14.6. The third-order valence-corrected chi connectivity index (χ3v) is 6.39. The van der Waals surface area contributed by atoms with Crippen molar-refractivity contribution in [3.05, 3.63) is 93.6 Å². The second-order valence-electron chi connectivity index (χ2n) is 8.64. The zero-order chi connectivity index (χ0) is 22.9. The van der Waals surface area contributed by atoms with Gasteiger partial charge in [-0.15, -0.1) is 0 Å². The average molecular weight is 444 g/mol. The molecule has 0 amide bonds. The highest BCUT2D eigenvalue weighted by molar-refractivity contribution is 6.00. The molecule has 0 unspecified atom stereocenters. The van der Waals surface area contributed by atoms with E-state index >= 15 is 0 Å². The SMILES string of the molecule is Cc1cc2oc(=O)cc(-c3ccc(F)cc3)c2c(C)c1-c1ccc(CN2CCOCC2)cc1. The molecule has 1 saturated heterocycles. The predicted octanol–water partition coefficient (Wildman–Crippen LogP) is 5.72. The topological polar surface area (TPSA) is 42.7 Å². The Kier molecular flexibility index (Phi) is 5.83. The van der Waals surface area contributed by atoms with Crippen molar-refractivity contribution in [3.63, 3.8) is 0 Å². The summed E-state index contributed by atoms with van der Waals surface area (Å²) in [5, 5.41) is 0.874. The van der Waals surface area contributed by atoms with Crippen LogP contribution in [-0.2, 0) is 11.3 Å². The van der Waals surface area contributed by atoms with Gasteiger partial charge in [0, 0.05) is 36.7 Å². The molecule has 5 rings (SSSR count). The number of aryl methyl sites for hydroxylation is 2. The van der Waals surface area contributed by atoms with Crippen molar-refractivity contribution in [2.75, 3.05) is 26.3 Å². The molecule has 0 bridgehead atoms. The standard InChI is InChI=1S/C28H26FNO3/c1-18-15-25-28(24(16-26(31)33-25)21-7-9-23(29)10-8-21)19(2)27(18)22-5-3-20(4-6-22)17-30-11-13-32-14-12-30/h3-10,15-16H,11-14,17H2,1-2H3. The van der Waals surface area contributed by atoms with Crippen LogP contribution in [0.15, 0.2) is 69.9 Å². The summed E-state index contributed by atoms with van der Waals surface area (Å²) in [6.07, 6.45) is 0. The lowest BCUT2D eigenvalue weighted by atomic mass is 9.89. The number of hydrogen-bond donors (Lipinski definition) is 0. The van der Waals surface area contributed by atoms with E-state index in [0.717, 1.165) is 71.6 Å². The van der Waals surface area contributed by atoms with Gasteiger partial charge >= 0.3 is 5.63 Å². The van der Waals surface area contributed by atoms with Gasteiger partial charge in [-0.2, -0.15) is 0 Å². The zero-order valence-electron chi connectivity index (χ0n) is 18.9. The first-order valence-electron chi connectivity index (χ1n) is 11.2. The highest BCUT2D eigenvalue weighted by atomic mass is 19.1. The van der Waals surface area contributed by atoms with Crippen LogP contribution in [0.25, 0.3) is 33.2 Å². The predicted molar refractivity (Wildman–Crippen MR) is 129 cm³/mol. The molecule has 1 aliphatic rings. The summed E-state index contributed by atoms with van der Waals surface area (Å²) in [6.45, 7) is 8.51. The molecule has 0 saturated carbocycles. The third kappa shape index (κ3) is 4.34. The molecule has 0 aliphatic carbocycles. The molecule has 2 heterocycles. The van der Waals surface area contributed by atoms with Gasteiger partial charge in [0.1, 0.15) is 11.4 Å². The number of ether oxygens (including phenoxy) is 1. The molecule has 0 atom stereocenters. The van der Waals surface area contributed by atoms with Crippen molar-refractivity contribution in [2.24, 2.45) is 0 Å². The minimum Gasteiger partial charge on any atom is -0.423 e. The molecule has 0 radical (unpaired) electrons. The Hall–Kier alpha value is -3.28. The molecule has 5 heteroatoms. The number of rotatable bonds is 4. The maximum atomic E-state index is 13.5. The summed E-state index contributed by atoms with van der Waals surface area (Å²) in [5.41, 5.74) is 7.26. The fraction of sp³-hybridized carbons (Fsp3) is 0.250. The lowest BCUT2D eigenvalue weighted by Crippen LogP contribution is -2.35. The highest BCUT2D eigenvalue weighted by Gasteiger charge is 2.17. The summed E-state index contributed by atoms with van der Waals surface area (Å²) >= 11 is 0. The second-order valence-corrected chi connectivity index (χ2v) is 8.64. The monoisotopic (exact) mass is 443 g/mol. The average Bonchev–Trinajstić information content (AvgIpc) is 2.80. The maximum Gasteiger partial charge on any atom is 0.336 e. The molecule has 1 aliphatic heterocycles. The van der Waals surface area contributed by atoms with Gasteiger partial charge in [-0.3, -0.25) is 4.90 Å². The van der Waals surface area contributed by atoms with Gasteiger partial charge in [0.05, 0.1) is 13.2 Å². The van der Waals surface area contributed by atoms with Gasteiger partial charge in [0.2, 0.25) is 0 Å². The van der Waals surface area contributed by atoms with Crippen LogP contribution in [0, 0.1) is 19.7 Å². The fourth-order valence-electron chi connectivity index (χ4n) is 4.79. The van der Waals surface area contributed by atoms with Crippen LogP contribution in [0.1, 0.15) is 16.7 Å². The number of morpholine rings is 1. The molecule has 4 nitrogen and oxygen atoms in total. The Morgan fingerprint density at radius 2 is 1.58 bits per heavy atom. The minimum absolute atomic E-state index is 0.309. The second kappa shape index (κ2) is 8.93. The molecule has 168 valence electrons. The first kappa shape index (κ1) is 21.6. The van der Waals surface area contributed by atoms with Crippen molar-refractivity contribution < 1.29 is 13.5 Å². The first-order valence-corrected chi connectivity index (χ1v) is 11.2. The maximum absolute atomic E-state index is 13.5. The molecule has 4 aromatic rings.